The van der Waals surface area contributed by atoms with Crippen LogP contribution >= 0.6 is 0 Å². The Hall–Kier alpha value is -0.570. The number of rotatable bonds is 4. The summed E-state index contributed by atoms with van der Waals surface area (Å²) in [6, 6.07) is 0.563. The molecule has 17 heavy (non-hydrogen) atoms. The lowest BCUT2D eigenvalue weighted by molar-refractivity contribution is -0.152. The van der Waals surface area contributed by atoms with Crippen LogP contribution in [0.4, 0.5) is 0 Å². The van der Waals surface area contributed by atoms with Crippen LogP contribution in [0.15, 0.2) is 0 Å². The minimum absolute atomic E-state index is 0.0130. The molecule has 2 aliphatic rings. The molecule has 0 aromatic rings. The monoisotopic (exact) mass is 239 g/mol. The lowest BCUT2D eigenvalue weighted by Crippen LogP contribution is -2.53. The number of carbonyl (C=O) groups is 1. The van der Waals surface area contributed by atoms with Gasteiger partial charge in [-0.05, 0) is 44.9 Å². The molecule has 2 aliphatic carbocycles. The van der Waals surface area contributed by atoms with Crippen LogP contribution in [0.2, 0.25) is 0 Å². The van der Waals surface area contributed by atoms with Gasteiger partial charge in [-0.15, -0.1) is 0 Å². The zero-order chi connectivity index (χ0) is 12.3. The first-order valence-corrected chi connectivity index (χ1v) is 7.11. The first kappa shape index (κ1) is 12.9. The number of carbonyl (C=O) groups excluding carboxylic acids is 1. The molecule has 0 amide bonds. The van der Waals surface area contributed by atoms with Gasteiger partial charge in [-0.25, -0.2) is 0 Å². The molecule has 0 aromatic carbocycles. The number of esters is 1. The second-order valence-corrected chi connectivity index (χ2v) is 5.76. The van der Waals surface area contributed by atoms with Crippen molar-refractivity contribution in [2.45, 2.75) is 70.4 Å². The highest BCUT2D eigenvalue weighted by Gasteiger charge is 2.44. The molecule has 2 unspecified atom stereocenters. The molecule has 2 atom stereocenters. The maximum Gasteiger partial charge on any atom is 0.326 e. The Morgan fingerprint density at radius 1 is 1.29 bits per heavy atom. The second-order valence-electron chi connectivity index (χ2n) is 5.76. The van der Waals surface area contributed by atoms with Crippen molar-refractivity contribution in [3.63, 3.8) is 0 Å². The van der Waals surface area contributed by atoms with Gasteiger partial charge in [0.05, 0.1) is 6.61 Å². The maximum absolute atomic E-state index is 12.3. The van der Waals surface area contributed by atoms with Crippen molar-refractivity contribution in [1.82, 2.24) is 5.32 Å². The van der Waals surface area contributed by atoms with Crippen LogP contribution in [-0.2, 0) is 9.53 Å². The summed E-state index contributed by atoms with van der Waals surface area (Å²) in [5.74, 6) is 0.730. The molecular formula is C14H25NO2. The molecule has 3 heteroatoms. The van der Waals surface area contributed by atoms with Gasteiger partial charge in [0.25, 0.3) is 0 Å². The van der Waals surface area contributed by atoms with Crippen molar-refractivity contribution in [1.29, 1.82) is 0 Å². The zero-order valence-electron chi connectivity index (χ0n) is 11.1. The van der Waals surface area contributed by atoms with Crippen molar-refractivity contribution < 1.29 is 9.53 Å². The molecule has 0 saturated heterocycles. The number of hydrogen-bond donors (Lipinski definition) is 1. The summed E-state index contributed by atoms with van der Waals surface area (Å²) in [6.45, 7) is 4.67. The van der Waals surface area contributed by atoms with E-state index in [0.717, 1.165) is 31.6 Å². The minimum Gasteiger partial charge on any atom is -0.465 e. The third-order valence-electron chi connectivity index (χ3n) is 4.09. The molecule has 0 aromatic heterocycles. The van der Waals surface area contributed by atoms with E-state index < -0.39 is 0 Å². The minimum atomic E-state index is -0.373. The van der Waals surface area contributed by atoms with Crippen molar-refractivity contribution in [3.05, 3.63) is 0 Å². The molecular weight excluding hydrogens is 214 g/mol. The number of ether oxygens (including phenoxy) is 1. The zero-order valence-corrected chi connectivity index (χ0v) is 11.1. The first-order valence-electron chi connectivity index (χ1n) is 7.11. The third kappa shape index (κ3) is 3.21. The van der Waals surface area contributed by atoms with E-state index in [0.29, 0.717) is 12.6 Å². The predicted octanol–water partition coefficient (Wildman–Crippen LogP) is 2.64. The predicted molar refractivity (Wildman–Crippen MR) is 67.8 cm³/mol. The lowest BCUT2D eigenvalue weighted by atomic mass is 9.89. The van der Waals surface area contributed by atoms with Crippen LogP contribution in [0.5, 0.6) is 0 Å². The fourth-order valence-corrected chi connectivity index (χ4v) is 2.81. The molecule has 2 saturated carbocycles. The van der Waals surface area contributed by atoms with E-state index in [9.17, 15) is 4.79 Å². The quantitative estimate of drug-likeness (QED) is 0.605. The SMILES string of the molecule is CCOC(=O)C1(NC2CC2)CCCC(C)CC1. The van der Waals surface area contributed by atoms with E-state index in [2.05, 4.69) is 12.2 Å². The first-order chi connectivity index (χ1) is 8.16. The van der Waals surface area contributed by atoms with Crippen molar-refractivity contribution in [2.75, 3.05) is 6.61 Å². The van der Waals surface area contributed by atoms with Gasteiger partial charge in [0.1, 0.15) is 5.54 Å². The highest BCUT2D eigenvalue weighted by molar-refractivity contribution is 5.81. The Labute approximate surface area is 104 Å². The summed E-state index contributed by atoms with van der Waals surface area (Å²) < 4.78 is 5.30. The van der Waals surface area contributed by atoms with Gasteiger partial charge in [0, 0.05) is 6.04 Å². The average molecular weight is 239 g/mol. The van der Waals surface area contributed by atoms with Gasteiger partial charge >= 0.3 is 5.97 Å². The van der Waals surface area contributed by atoms with Crippen LogP contribution in [0.1, 0.15) is 58.8 Å². The Kier molecular flexibility index (Phi) is 4.08. The van der Waals surface area contributed by atoms with Gasteiger partial charge in [-0.2, -0.15) is 0 Å². The summed E-state index contributed by atoms with van der Waals surface area (Å²) in [5.41, 5.74) is -0.373. The molecule has 0 heterocycles. The molecule has 2 rings (SSSR count). The van der Waals surface area contributed by atoms with Gasteiger partial charge in [-0.3, -0.25) is 10.1 Å². The van der Waals surface area contributed by atoms with E-state index in [1.807, 2.05) is 6.92 Å². The van der Waals surface area contributed by atoms with Gasteiger partial charge < -0.3 is 4.74 Å². The Morgan fingerprint density at radius 3 is 2.71 bits per heavy atom. The highest BCUT2D eigenvalue weighted by Crippen LogP contribution is 2.34. The summed E-state index contributed by atoms with van der Waals surface area (Å²) in [5, 5.41) is 3.58. The fraction of sp³-hybridized carbons (Fsp3) is 0.929. The largest absolute Gasteiger partial charge is 0.465 e. The summed E-state index contributed by atoms with van der Waals surface area (Å²) in [6.07, 6.45) is 7.86. The average Bonchev–Trinajstić information content (AvgIpc) is 3.10. The third-order valence-corrected chi connectivity index (χ3v) is 4.09. The molecule has 1 N–H and O–H groups in total. The van der Waals surface area contributed by atoms with E-state index in [4.69, 9.17) is 4.74 Å². The molecule has 3 nitrogen and oxygen atoms in total. The molecule has 0 aliphatic heterocycles. The second kappa shape index (κ2) is 5.38. The van der Waals surface area contributed by atoms with Crippen LogP contribution in [-0.4, -0.2) is 24.2 Å². The lowest BCUT2D eigenvalue weighted by Gasteiger charge is -2.31. The molecule has 0 bridgehead atoms. The number of nitrogens with one attached hydrogen (secondary N) is 1. The van der Waals surface area contributed by atoms with E-state index >= 15 is 0 Å². The molecule has 2 fully saturated rings. The smallest absolute Gasteiger partial charge is 0.326 e. The highest BCUT2D eigenvalue weighted by atomic mass is 16.5. The van der Waals surface area contributed by atoms with Gasteiger partial charge in [-0.1, -0.05) is 19.8 Å². The van der Waals surface area contributed by atoms with Gasteiger partial charge in [0.15, 0.2) is 0 Å². The molecule has 0 radical (unpaired) electrons. The van der Waals surface area contributed by atoms with E-state index in [-0.39, 0.29) is 11.5 Å². The Morgan fingerprint density at radius 2 is 2.06 bits per heavy atom. The van der Waals surface area contributed by atoms with Crippen LogP contribution in [0.3, 0.4) is 0 Å². The van der Waals surface area contributed by atoms with Gasteiger partial charge in [0.2, 0.25) is 0 Å². The number of hydrogen-bond acceptors (Lipinski definition) is 3. The van der Waals surface area contributed by atoms with E-state index in [1.54, 1.807) is 0 Å². The van der Waals surface area contributed by atoms with Crippen molar-refractivity contribution in [3.8, 4) is 0 Å². The standard InChI is InChI=1S/C14H25NO2/c1-3-17-13(16)14(15-12-6-7-12)9-4-5-11(2)8-10-14/h11-12,15H,3-10H2,1-2H3. The van der Waals surface area contributed by atoms with Crippen molar-refractivity contribution in [2.24, 2.45) is 5.92 Å². The van der Waals surface area contributed by atoms with Crippen LogP contribution in [0, 0.1) is 5.92 Å². The molecule has 0 spiro atoms. The fourth-order valence-electron chi connectivity index (χ4n) is 2.81. The molecule has 98 valence electrons. The van der Waals surface area contributed by atoms with E-state index in [1.165, 1.54) is 19.3 Å². The topological polar surface area (TPSA) is 38.3 Å². The Balaban J connectivity index is 2.06. The Bertz CT molecular complexity index is 275. The van der Waals surface area contributed by atoms with Crippen LogP contribution < -0.4 is 5.32 Å². The van der Waals surface area contributed by atoms with Crippen LogP contribution in [0.25, 0.3) is 0 Å². The summed E-state index contributed by atoms with van der Waals surface area (Å²) >= 11 is 0. The normalized spacial score (nSPS) is 34.1. The summed E-state index contributed by atoms with van der Waals surface area (Å²) in [4.78, 5) is 12.3. The maximum atomic E-state index is 12.3. The van der Waals surface area contributed by atoms with Crippen molar-refractivity contribution >= 4 is 5.97 Å². The summed E-state index contributed by atoms with van der Waals surface area (Å²) in [7, 11) is 0.